The number of terminal acetylenes is 1. The lowest BCUT2D eigenvalue weighted by Crippen LogP contribution is -2.41. The number of carbonyl (C=O) groups is 3. The number of aryl methyl sites for hydroxylation is 1. The van der Waals surface area contributed by atoms with E-state index in [-0.39, 0.29) is 73.6 Å². The van der Waals surface area contributed by atoms with Gasteiger partial charge in [0.15, 0.2) is 11.6 Å². The highest BCUT2D eigenvalue weighted by atomic mass is 35.5. The van der Waals surface area contributed by atoms with Gasteiger partial charge >= 0.3 is 25.6 Å². The number of halogens is 13. The van der Waals surface area contributed by atoms with Crippen LogP contribution in [0.15, 0.2) is 108 Å². The zero-order chi connectivity index (χ0) is 73.9. The van der Waals surface area contributed by atoms with E-state index in [1.54, 1.807) is 54.0 Å². The topological polar surface area (TPSA) is 287 Å². The van der Waals surface area contributed by atoms with Crippen LogP contribution in [0.5, 0.6) is 0 Å². The maximum Gasteiger partial charge on any atom is 0.506 e. The first-order valence-corrected chi connectivity index (χ1v) is 31.2. The maximum atomic E-state index is 12.6. The number of pyridine rings is 4. The van der Waals surface area contributed by atoms with Crippen molar-refractivity contribution in [2.75, 3.05) is 19.8 Å². The number of hydrogen-bond acceptors (Lipinski definition) is 17. The number of nitrogens with one attached hydrogen (secondary N) is 4. The van der Waals surface area contributed by atoms with Gasteiger partial charge in [-0.1, -0.05) is 40.7 Å². The molecule has 34 heteroatoms. The fourth-order valence-electron chi connectivity index (χ4n) is 6.91. The van der Waals surface area contributed by atoms with E-state index in [1.165, 1.54) is 56.6 Å². The minimum Gasteiger partial charge on any atom is -0.412 e. The summed E-state index contributed by atoms with van der Waals surface area (Å²) in [6, 6.07) is 18.0. The largest absolute Gasteiger partial charge is 0.506 e. The molecule has 548 valence electrons. The number of nitrogens with zero attached hydrogens (tertiary/aromatic N) is 6. The van der Waals surface area contributed by atoms with Gasteiger partial charge in [0.05, 0.1) is 33.8 Å². The normalized spacial score (nSPS) is 12.5. The number of aromatic nitrogens is 8. The van der Waals surface area contributed by atoms with E-state index in [9.17, 15) is 53.9 Å². The maximum absolute atomic E-state index is 12.6. The Balaban J connectivity index is -0.000000182. The number of aromatic amines is 2. The Bertz CT molecular complexity index is 4100. The Kier molecular flexibility index (Phi) is 41.5. The molecule has 0 spiro atoms. The summed E-state index contributed by atoms with van der Waals surface area (Å²) in [5, 5.41) is 23.7. The lowest BCUT2D eigenvalue weighted by Gasteiger charge is -2.32. The minimum atomic E-state index is -5.01. The van der Waals surface area contributed by atoms with Gasteiger partial charge in [-0.3, -0.25) is 51.4 Å². The van der Waals surface area contributed by atoms with Gasteiger partial charge in [0.25, 0.3) is 0 Å². The quantitative estimate of drug-likeness (QED) is 0.0180. The van der Waals surface area contributed by atoms with E-state index in [1.807, 2.05) is 73.8 Å². The summed E-state index contributed by atoms with van der Waals surface area (Å²) >= 11 is 19.9. The lowest BCUT2D eigenvalue weighted by atomic mass is 9.85. The zero-order valence-electron chi connectivity index (χ0n) is 54.3. The van der Waals surface area contributed by atoms with Crippen LogP contribution in [0.1, 0.15) is 121 Å². The fourth-order valence-corrected chi connectivity index (χ4v) is 9.12. The molecule has 2 aliphatic heterocycles. The molecule has 2 fully saturated rings. The summed E-state index contributed by atoms with van der Waals surface area (Å²) in [5.41, 5.74) is 11.5. The number of ether oxygens (including phenoxy) is 1. The molecule has 18 nitrogen and oxygen atoms in total. The molecule has 0 atom stereocenters. The van der Waals surface area contributed by atoms with E-state index >= 15 is 0 Å². The SMILES string of the molecule is C#CC#CC#CC#Cc1ccsc1B1OC(C)(C)C(C)(C)O1.C1CCOC1.CC(=O)c1cc(Cl)ccn1.CCO.Cc1ccsc1-c1ccnc(-c2cc(C(F)(F)F)[nH]n2)c1.Cl.FC(F)(F)c1cc(-c2cc(Cl)ccn2)n[nH]1.N=N.O.O=C(CC(=O)C(F)(F)F)c1cc(Cl)ccn1.[CH2+]C[CH2-].[HH].[HH].[HH].[HH].[HH].[HH].[HH]. The second-order valence-corrected chi connectivity index (χ2v) is 23.2. The van der Waals surface area contributed by atoms with Gasteiger partial charge in [0.2, 0.25) is 5.78 Å². The number of thiophene rings is 2. The first-order chi connectivity index (χ1) is 46.1. The molecule has 10 heterocycles. The van der Waals surface area contributed by atoms with Crippen molar-refractivity contribution in [2.24, 2.45) is 0 Å². The van der Waals surface area contributed by atoms with Crippen LogP contribution in [0.3, 0.4) is 0 Å². The van der Waals surface area contributed by atoms with Crippen LogP contribution in [0.4, 0.5) is 39.5 Å². The average Bonchev–Trinajstić information content (AvgIpc) is 1.62. The summed E-state index contributed by atoms with van der Waals surface area (Å²) < 4.78 is 128. The Morgan fingerprint density at radius 1 is 0.710 bits per heavy atom. The summed E-state index contributed by atoms with van der Waals surface area (Å²) in [6.45, 7) is 22.2. The predicted molar refractivity (Wildman–Crippen MR) is 386 cm³/mol. The monoisotopic (exact) mass is 1530 g/mol. The van der Waals surface area contributed by atoms with Crippen molar-refractivity contribution in [1.29, 1.82) is 11.1 Å². The van der Waals surface area contributed by atoms with Crippen molar-refractivity contribution in [1.82, 2.24) is 40.3 Å². The van der Waals surface area contributed by atoms with E-state index in [2.05, 4.69) is 85.4 Å². The third-order valence-electron chi connectivity index (χ3n) is 12.1. The molecule has 0 bridgehead atoms. The first-order valence-electron chi connectivity index (χ1n) is 28.3. The molecule has 0 aromatic carbocycles. The molecule has 2 aliphatic rings. The Labute approximate surface area is 611 Å². The molecule has 10 rings (SSSR count). The van der Waals surface area contributed by atoms with Gasteiger partial charge in [-0.25, -0.2) is 11.1 Å². The van der Waals surface area contributed by atoms with E-state index < -0.39 is 55.0 Å². The van der Waals surface area contributed by atoms with Gasteiger partial charge in [0, 0.05) is 94.0 Å². The molecule has 0 unspecified atom stereocenters. The molecule has 8 aromatic heterocycles. The van der Waals surface area contributed by atoms with Crippen LogP contribution in [0.25, 0.3) is 33.2 Å². The smallest absolute Gasteiger partial charge is 0.412 e. The molecular weight excluding hydrogens is 1450 g/mol. The third-order valence-corrected chi connectivity index (χ3v) is 14.8. The number of aliphatic hydroxyl groups is 1. The number of Topliss-reactive ketones (excluding diaryl/α,β-unsaturated/α-hetero) is 3. The third kappa shape index (κ3) is 32.2. The summed E-state index contributed by atoms with van der Waals surface area (Å²) in [5.74, 6) is 14.9. The van der Waals surface area contributed by atoms with Gasteiger partial charge in [0.1, 0.15) is 34.2 Å². The number of ketones is 3. The standard InChI is InChI=1S/C18H15BO2S.C14H10F3N3S.C9H5ClF3N3.C9H5ClF3NO2.C7H6ClNO.C4H8O.C3H6.C2H6O.ClH.H2N2.H2O.7H2/c1-6-7-8-9-10-11-12-15-13-14-22-16(15)19-20-17(2,3)18(4,5)21-19;1-8-3-5-21-13(8)9-2-4-18-10(6-9)11-7-12(20-19-11)14(15,16)17;10-5-1-2-14-6(3-5)7-4-8(16-15-7)9(11,12)13;10-5-1-2-14-6(3-5)7(15)4-8(16)9(11,12)13;1-5(10)7-4-6(8)2-3-9-7;1-2-4-5-3-1;1-3-2;1-2-3;;1-2;;;;;;;;/h1,13-14H,2-5H3;2-7H,1H3,(H,19,20);1-4H,(H,15,16);1-3H,4H2;2-4H,1H3;1-4H2;1-3H2;3H,2H2,1H3;1H;1-2H;1H2;7*1H. The highest BCUT2D eigenvalue weighted by Crippen LogP contribution is 2.38. The highest BCUT2D eigenvalue weighted by Gasteiger charge is 2.52. The number of hydrogen-bond donors (Lipinski definition) is 5. The molecule has 8 aromatic rings. The first kappa shape index (κ1) is 91.5. The van der Waals surface area contributed by atoms with Gasteiger partial charge in [-0.15, -0.1) is 30.2 Å². The van der Waals surface area contributed by atoms with Crippen molar-refractivity contribution in [2.45, 2.75) is 104 Å². The lowest BCUT2D eigenvalue weighted by molar-refractivity contribution is -0.170. The van der Waals surface area contributed by atoms with Gasteiger partial charge in [-0.05, 0) is 191 Å². The molecular formula is C66H80BCl4F9N10O8S2. The highest BCUT2D eigenvalue weighted by molar-refractivity contribution is 7.21. The Hall–Kier alpha value is -8.47. The number of aliphatic hydroxyl groups excluding tert-OH is 1. The van der Waals surface area contributed by atoms with Crippen molar-refractivity contribution in [3.8, 4) is 81.1 Å². The minimum absolute atomic E-state index is 0. The molecule has 0 amide bonds. The number of carbonyl (C=O) groups excluding carboxylic acids is 3. The predicted octanol–water partition coefficient (Wildman–Crippen LogP) is 17.8. The van der Waals surface area contributed by atoms with Crippen LogP contribution in [0, 0.1) is 79.7 Å². The molecule has 2 saturated heterocycles. The zero-order valence-corrected chi connectivity index (χ0v) is 59.0. The summed E-state index contributed by atoms with van der Waals surface area (Å²) in [7, 11) is -0.400. The number of H-pyrrole nitrogens is 2. The molecule has 0 saturated carbocycles. The van der Waals surface area contributed by atoms with Crippen LogP contribution in [-0.2, 0) is 31.2 Å². The average molecular weight is 1530 g/mol. The number of rotatable bonds is 8. The van der Waals surface area contributed by atoms with E-state index in [0.29, 0.717) is 27.1 Å². The van der Waals surface area contributed by atoms with Crippen LogP contribution < -0.4 is 4.78 Å². The molecule has 0 aliphatic carbocycles. The van der Waals surface area contributed by atoms with Gasteiger partial charge in [-0.2, -0.15) is 61.0 Å². The van der Waals surface area contributed by atoms with E-state index in [4.69, 9.17) is 71.4 Å². The van der Waals surface area contributed by atoms with Crippen molar-refractivity contribution < 1.29 is 88.5 Å². The molecule has 100 heavy (non-hydrogen) atoms. The van der Waals surface area contributed by atoms with Crippen molar-refractivity contribution in [3.05, 3.63) is 171 Å². The molecule has 0 radical (unpaired) electrons. The Morgan fingerprint density at radius 3 is 1.56 bits per heavy atom. The van der Waals surface area contributed by atoms with E-state index in [0.717, 1.165) is 64.2 Å². The number of alkyl halides is 9. The Morgan fingerprint density at radius 2 is 1.15 bits per heavy atom. The fraction of sp³-hybridized carbons (Fsp3) is 0.288. The second-order valence-electron chi connectivity index (χ2n) is 20.0. The van der Waals surface area contributed by atoms with Crippen molar-refractivity contribution >= 4 is 99.1 Å². The summed E-state index contributed by atoms with van der Waals surface area (Å²) in [4.78, 5) is 48.8. The summed E-state index contributed by atoms with van der Waals surface area (Å²) in [6.07, 6.45) is -1.17. The van der Waals surface area contributed by atoms with Crippen LogP contribution in [0.2, 0.25) is 15.1 Å². The van der Waals surface area contributed by atoms with Crippen molar-refractivity contribution in [3.63, 3.8) is 0 Å². The van der Waals surface area contributed by atoms with Crippen LogP contribution >= 0.6 is 69.9 Å². The molecule has 7 N–H and O–H groups in total. The van der Waals surface area contributed by atoms with Crippen LogP contribution in [-0.4, -0.2) is 113 Å². The van der Waals surface area contributed by atoms with Gasteiger partial charge < -0.3 is 24.6 Å². The second kappa shape index (κ2) is 45.3.